The van der Waals surface area contributed by atoms with Crippen LogP contribution >= 0.6 is 0 Å². The zero-order valence-electron chi connectivity index (χ0n) is 13.9. The molecule has 0 radical (unpaired) electrons. The number of nitrogens with zero attached hydrogens (tertiary/aromatic N) is 3. The summed E-state index contributed by atoms with van der Waals surface area (Å²) in [5, 5.41) is 10.4. The highest BCUT2D eigenvalue weighted by Crippen LogP contribution is 2.26. The van der Waals surface area contributed by atoms with Gasteiger partial charge < -0.3 is 14.6 Å². The fourth-order valence-corrected chi connectivity index (χ4v) is 3.29. The summed E-state index contributed by atoms with van der Waals surface area (Å²) < 4.78 is 2.07. The summed E-state index contributed by atoms with van der Waals surface area (Å²) in [4.78, 5) is 6.73. The molecule has 1 heterocycles. The number of likely N-dealkylation sites (N-methyl/N-ethyl adjacent to an activating group) is 1. The molecule has 0 saturated heterocycles. The zero-order valence-corrected chi connectivity index (χ0v) is 13.9. The summed E-state index contributed by atoms with van der Waals surface area (Å²) in [6.07, 6.45) is 5.57. The monoisotopic (exact) mass is 301 g/mol. The molecule has 1 aromatic carbocycles. The van der Waals surface area contributed by atoms with Gasteiger partial charge in [-0.1, -0.05) is 6.42 Å². The average molecular weight is 301 g/mol. The fraction of sp³-hybridized carbons (Fsp3) is 0.611. The number of hydrogen-bond acceptors (Lipinski definition) is 3. The first-order chi connectivity index (χ1) is 10.5. The van der Waals surface area contributed by atoms with Crippen molar-refractivity contribution in [2.75, 3.05) is 20.1 Å². The van der Waals surface area contributed by atoms with Crippen LogP contribution in [0, 0.1) is 19.8 Å². The zero-order chi connectivity index (χ0) is 15.7. The van der Waals surface area contributed by atoms with Crippen LogP contribution in [0.5, 0.6) is 0 Å². The van der Waals surface area contributed by atoms with Gasteiger partial charge in [-0.15, -0.1) is 0 Å². The first-order valence-electron chi connectivity index (χ1n) is 8.31. The van der Waals surface area contributed by atoms with Gasteiger partial charge in [0.15, 0.2) is 0 Å². The van der Waals surface area contributed by atoms with Gasteiger partial charge in [-0.2, -0.15) is 0 Å². The van der Waals surface area contributed by atoms with Crippen molar-refractivity contribution in [3.63, 3.8) is 0 Å². The first kappa shape index (κ1) is 15.5. The van der Waals surface area contributed by atoms with Crippen molar-refractivity contribution in [3.8, 4) is 0 Å². The molecule has 1 aromatic heterocycles. The van der Waals surface area contributed by atoms with Crippen LogP contribution < -0.4 is 0 Å². The first-order valence-corrected chi connectivity index (χ1v) is 8.31. The number of imidazole rings is 1. The molecule has 0 bridgehead atoms. The molecule has 1 unspecified atom stereocenters. The van der Waals surface area contributed by atoms with Crippen molar-refractivity contribution < 1.29 is 5.11 Å². The molecule has 4 nitrogen and oxygen atoms in total. The molecule has 4 heteroatoms. The third-order valence-electron chi connectivity index (χ3n) is 4.96. The van der Waals surface area contributed by atoms with E-state index in [1.807, 2.05) is 6.33 Å². The van der Waals surface area contributed by atoms with Crippen LogP contribution in [0.15, 0.2) is 18.5 Å². The number of aryl methyl sites for hydroxylation is 2. The second-order valence-corrected chi connectivity index (χ2v) is 6.99. The lowest BCUT2D eigenvalue weighted by atomic mass is 9.85. The van der Waals surface area contributed by atoms with Crippen LogP contribution in [0.3, 0.4) is 0 Å². The van der Waals surface area contributed by atoms with E-state index in [9.17, 15) is 5.11 Å². The third kappa shape index (κ3) is 3.33. The molecule has 0 aliphatic heterocycles. The van der Waals surface area contributed by atoms with Crippen molar-refractivity contribution in [2.45, 2.75) is 45.8 Å². The van der Waals surface area contributed by atoms with Gasteiger partial charge >= 0.3 is 0 Å². The Morgan fingerprint density at radius 1 is 1.32 bits per heavy atom. The van der Waals surface area contributed by atoms with Crippen LogP contribution in [0.2, 0.25) is 0 Å². The number of rotatable bonds is 6. The van der Waals surface area contributed by atoms with Crippen LogP contribution in [-0.4, -0.2) is 45.8 Å². The summed E-state index contributed by atoms with van der Waals surface area (Å²) in [5.41, 5.74) is 4.66. The van der Waals surface area contributed by atoms with E-state index in [1.165, 1.54) is 30.4 Å². The molecule has 0 spiro atoms. The van der Waals surface area contributed by atoms with E-state index < -0.39 is 0 Å². The average Bonchev–Trinajstić information content (AvgIpc) is 2.77. The molecule has 3 rings (SSSR count). The maximum Gasteiger partial charge on any atom is 0.0959 e. The summed E-state index contributed by atoms with van der Waals surface area (Å²) in [5.74, 6) is 0.844. The van der Waals surface area contributed by atoms with Gasteiger partial charge in [0.05, 0.1) is 30.0 Å². The minimum atomic E-state index is -0.357. The Morgan fingerprint density at radius 3 is 2.73 bits per heavy atom. The topological polar surface area (TPSA) is 41.3 Å². The van der Waals surface area contributed by atoms with E-state index in [1.54, 1.807) is 0 Å². The number of aromatic nitrogens is 2. The van der Waals surface area contributed by atoms with Crippen LogP contribution in [-0.2, 0) is 6.54 Å². The van der Waals surface area contributed by atoms with Gasteiger partial charge in [-0.05, 0) is 62.9 Å². The number of aliphatic hydroxyl groups excluding tert-OH is 1. The quantitative estimate of drug-likeness (QED) is 0.892. The SMILES string of the molecule is Cc1cc2ncn(CC(O)CN(C)CC3CCC3)c2cc1C. The lowest BCUT2D eigenvalue weighted by Crippen LogP contribution is -2.36. The number of benzene rings is 1. The highest BCUT2D eigenvalue weighted by atomic mass is 16.3. The molecule has 1 atom stereocenters. The molecule has 0 amide bonds. The highest BCUT2D eigenvalue weighted by Gasteiger charge is 2.20. The Hall–Kier alpha value is -1.39. The summed E-state index contributed by atoms with van der Waals surface area (Å²) in [6.45, 7) is 6.67. The molecule has 120 valence electrons. The predicted octanol–water partition coefficient (Wildman–Crippen LogP) is 2.75. The largest absolute Gasteiger partial charge is 0.390 e. The van der Waals surface area contributed by atoms with E-state index in [0.29, 0.717) is 6.54 Å². The summed E-state index contributed by atoms with van der Waals surface area (Å²) in [6, 6.07) is 4.29. The van der Waals surface area contributed by atoms with Gasteiger partial charge in [-0.3, -0.25) is 0 Å². The second kappa shape index (κ2) is 6.39. The van der Waals surface area contributed by atoms with Gasteiger partial charge in [-0.25, -0.2) is 4.98 Å². The lowest BCUT2D eigenvalue weighted by molar-refractivity contribution is 0.0944. The van der Waals surface area contributed by atoms with E-state index in [2.05, 4.69) is 47.5 Å². The Bertz CT molecular complexity index is 645. The Balaban J connectivity index is 1.63. The van der Waals surface area contributed by atoms with Crippen LogP contribution in [0.1, 0.15) is 30.4 Å². The highest BCUT2D eigenvalue weighted by molar-refractivity contribution is 5.77. The molecule has 2 aromatic rings. The van der Waals surface area contributed by atoms with E-state index in [4.69, 9.17) is 0 Å². The molecular weight excluding hydrogens is 274 g/mol. The van der Waals surface area contributed by atoms with Crippen LogP contribution in [0.4, 0.5) is 0 Å². The van der Waals surface area contributed by atoms with Gasteiger partial charge in [0.25, 0.3) is 0 Å². The van der Waals surface area contributed by atoms with Crippen molar-refractivity contribution in [2.24, 2.45) is 5.92 Å². The predicted molar refractivity (Wildman–Crippen MR) is 90.1 cm³/mol. The Kier molecular flexibility index (Phi) is 4.50. The molecule has 1 N–H and O–H groups in total. The van der Waals surface area contributed by atoms with Gasteiger partial charge in [0.1, 0.15) is 0 Å². The summed E-state index contributed by atoms with van der Waals surface area (Å²) in [7, 11) is 2.11. The van der Waals surface area contributed by atoms with Crippen molar-refractivity contribution >= 4 is 11.0 Å². The van der Waals surface area contributed by atoms with Crippen molar-refractivity contribution in [1.82, 2.24) is 14.5 Å². The van der Waals surface area contributed by atoms with E-state index in [0.717, 1.165) is 30.0 Å². The van der Waals surface area contributed by atoms with Gasteiger partial charge in [0.2, 0.25) is 0 Å². The molecule has 1 fully saturated rings. The van der Waals surface area contributed by atoms with Crippen LogP contribution in [0.25, 0.3) is 11.0 Å². The Morgan fingerprint density at radius 2 is 2.05 bits per heavy atom. The lowest BCUT2D eigenvalue weighted by Gasteiger charge is -2.31. The number of hydrogen-bond donors (Lipinski definition) is 1. The minimum Gasteiger partial charge on any atom is -0.390 e. The molecule has 1 aliphatic rings. The summed E-state index contributed by atoms with van der Waals surface area (Å²) >= 11 is 0. The van der Waals surface area contributed by atoms with E-state index >= 15 is 0 Å². The van der Waals surface area contributed by atoms with Crippen molar-refractivity contribution in [1.29, 1.82) is 0 Å². The molecule has 22 heavy (non-hydrogen) atoms. The van der Waals surface area contributed by atoms with Gasteiger partial charge in [0, 0.05) is 13.1 Å². The number of aliphatic hydroxyl groups is 1. The molecular formula is C18H27N3O. The second-order valence-electron chi connectivity index (χ2n) is 6.99. The number of fused-ring (bicyclic) bond motifs is 1. The van der Waals surface area contributed by atoms with Crippen molar-refractivity contribution in [3.05, 3.63) is 29.6 Å². The molecule has 1 aliphatic carbocycles. The maximum absolute atomic E-state index is 10.4. The van der Waals surface area contributed by atoms with E-state index in [-0.39, 0.29) is 6.10 Å². The Labute approximate surface area is 132 Å². The fourth-order valence-electron chi connectivity index (χ4n) is 3.29. The smallest absolute Gasteiger partial charge is 0.0959 e. The standard InChI is InChI=1S/C18H27N3O/c1-13-7-17-18(8-14(13)2)21(12-19-17)11-16(22)10-20(3)9-15-5-4-6-15/h7-8,12,15-16,22H,4-6,9-11H2,1-3H3. The molecule has 1 saturated carbocycles. The maximum atomic E-state index is 10.4. The normalized spacial score (nSPS) is 17.1. The minimum absolute atomic E-state index is 0.357. The third-order valence-corrected chi connectivity index (χ3v) is 4.96.